The Labute approximate surface area is 325 Å². The minimum Gasteiger partial charge on any atom is -0.550 e. The summed E-state index contributed by atoms with van der Waals surface area (Å²) in [5, 5.41) is 68.5. The van der Waals surface area contributed by atoms with Gasteiger partial charge in [0.05, 0.1) is 0 Å². The van der Waals surface area contributed by atoms with Crippen LogP contribution in [0, 0.1) is 0 Å². The van der Waals surface area contributed by atoms with Gasteiger partial charge in [-0.2, -0.15) is 0 Å². The van der Waals surface area contributed by atoms with Crippen LogP contribution in [0.2, 0.25) is 0 Å². The Morgan fingerprint density at radius 1 is 0.429 bits per heavy atom. The molecule has 0 atom stereocenters. The molecule has 0 aliphatic heterocycles. The van der Waals surface area contributed by atoms with Crippen LogP contribution in [0.4, 0.5) is 0 Å². The van der Waals surface area contributed by atoms with Gasteiger partial charge in [0.2, 0.25) is 0 Å². The molecule has 1 radical (unpaired) electrons. The van der Waals surface area contributed by atoms with Crippen molar-refractivity contribution in [3.8, 4) is 0 Å². The summed E-state index contributed by atoms with van der Waals surface area (Å²) in [6.07, 6.45) is 0. The number of carboxylic acids is 6. The number of carboxylic acid groups (broad SMARTS) is 6. The van der Waals surface area contributed by atoms with E-state index in [-0.39, 0.29) is 119 Å². The number of aliphatic hydroxyl groups is 2. The van der Waals surface area contributed by atoms with Gasteiger partial charge < -0.3 is 92.6 Å². The number of rotatable bonds is 2. The molecule has 0 aliphatic rings. The first-order valence-electron chi connectivity index (χ1n) is 10.1. The van der Waals surface area contributed by atoms with Crippen molar-refractivity contribution in [3.63, 3.8) is 0 Å². The SMILES string of the molecule is CC(=O)[O-].CC(=O)[O-].CC(=O)[O-].CC(=O)[O-].CC(=O)[O-].CC(=O)[O-].CCO.CCO.NCCN.NCCN.[Fe+3].[Na+].[Na+].[Na+]. The molecule has 0 aromatic heterocycles. The second-order valence-electron chi connectivity index (χ2n) is 4.74. The van der Waals surface area contributed by atoms with Crippen molar-refractivity contribution in [2.75, 3.05) is 39.4 Å². The molecule has 0 unspecified atom stereocenters. The van der Waals surface area contributed by atoms with Crippen molar-refractivity contribution in [3.05, 3.63) is 0 Å². The molecule has 0 rings (SSSR count). The minimum atomic E-state index is -1.08. The van der Waals surface area contributed by atoms with Crippen molar-refractivity contribution in [2.45, 2.75) is 55.4 Å². The van der Waals surface area contributed by atoms with Crippen LogP contribution < -0.4 is 142 Å². The van der Waals surface area contributed by atoms with Crippen LogP contribution in [-0.2, 0) is 45.8 Å². The number of carbonyl (C=O) groups excluding carboxylic acids is 6. The third-order valence-corrected chi connectivity index (χ3v) is 0.333. The van der Waals surface area contributed by atoms with E-state index in [0.29, 0.717) is 26.2 Å². The van der Waals surface area contributed by atoms with Gasteiger partial charge in [0.15, 0.2) is 0 Å². The van der Waals surface area contributed by atoms with Crippen molar-refractivity contribution in [1.82, 2.24) is 0 Å². The van der Waals surface area contributed by atoms with Crippen LogP contribution in [0.1, 0.15) is 55.4 Å². The van der Waals surface area contributed by atoms with Gasteiger partial charge in [-0.25, -0.2) is 0 Å². The first kappa shape index (κ1) is 90.1. The van der Waals surface area contributed by atoms with E-state index >= 15 is 0 Å². The zero-order valence-electron chi connectivity index (χ0n) is 26.7. The molecule has 0 bridgehead atoms. The summed E-state index contributed by atoms with van der Waals surface area (Å²) in [5.74, 6) is -6.50. The third-order valence-electron chi connectivity index (χ3n) is 0.333. The Hall–Kier alpha value is 0.0995. The van der Waals surface area contributed by atoms with Crippen molar-refractivity contribution in [2.24, 2.45) is 22.9 Å². The molecule has 0 saturated heterocycles. The second-order valence-corrected chi connectivity index (χ2v) is 4.74. The maximum Gasteiger partial charge on any atom is 3.00 e. The summed E-state index contributed by atoms with van der Waals surface area (Å²) in [4.78, 5) is 53.3. The molecule has 18 nitrogen and oxygen atoms in total. The molecule has 0 aliphatic carbocycles. The molecule has 10 N–H and O–H groups in total. The predicted octanol–water partition coefficient (Wildman–Crippen LogP) is -18.6. The summed E-state index contributed by atoms with van der Waals surface area (Å²) in [7, 11) is 0. The van der Waals surface area contributed by atoms with Crippen LogP contribution in [-0.4, -0.2) is 85.4 Å². The van der Waals surface area contributed by atoms with Crippen LogP contribution >= 0.6 is 0 Å². The van der Waals surface area contributed by atoms with E-state index in [1.54, 1.807) is 13.8 Å². The van der Waals surface area contributed by atoms with E-state index in [2.05, 4.69) is 0 Å². The first-order chi connectivity index (χ1) is 17.0. The molecule has 42 heavy (non-hydrogen) atoms. The molecular formula is C20H46FeN4Na3O14. The van der Waals surface area contributed by atoms with Crippen molar-refractivity contribution < 1.29 is 175 Å². The zero-order chi connectivity index (χ0) is 33.7. The van der Waals surface area contributed by atoms with Crippen LogP contribution in [0.25, 0.3) is 0 Å². The predicted molar refractivity (Wildman–Crippen MR) is 126 cm³/mol. The molecule has 241 valence electrons. The quantitative estimate of drug-likeness (QED) is 0.146. The van der Waals surface area contributed by atoms with E-state index in [9.17, 15) is 0 Å². The van der Waals surface area contributed by atoms with E-state index in [1.165, 1.54) is 0 Å². The first-order valence-corrected chi connectivity index (χ1v) is 10.1. The van der Waals surface area contributed by atoms with E-state index in [1.807, 2.05) is 0 Å². The largest absolute Gasteiger partial charge is 3.00 e. The number of hydrogen-bond donors (Lipinski definition) is 6. The Morgan fingerprint density at radius 2 is 0.452 bits per heavy atom. The second kappa shape index (κ2) is 114. The van der Waals surface area contributed by atoms with Gasteiger partial charge in [-0.05, 0) is 55.4 Å². The molecule has 0 amide bonds. The molecule has 0 saturated carbocycles. The number of nitrogens with two attached hydrogens (primary N) is 4. The topological polar surface area (TPSA) is 385 Å². The third kappa shape index (κ3) is 13900. The summed E-state index contributed by atoms with van der Waals surface area (Å²) >= 11 is 0. The zero-order valence-corrected chi connectivity index (χ0v) is 33.8. The van der Waals surface area contributed by atoms with Crippen LogP contribution in [0.5, 0.6) is 0 Å². The molecule has 22 heteroatoms. The maximum atomic E-state index is 8.89. The molecule has 0 fully saturated rings. The summed E-state index contributed by atoms with van der Waals surface area (Å²) < 4.78 is 0. The fourth-order valence-electron chi connectivity index (χ4n) is 0. The van der Waals surface area contributed by atoms with Gasteiger partial charge in [-0.1, -0.05) is 0 Å². The summed E-state index contributed by atoms with van der Waals surface area (Å²) in [6.45, 7) is 12.1. The molecule has 0 aromatic rings. The molecular weight excluding hydrogens is 645 g/mol. The van der Waals surface area contributed by atoms with E-state index in [4.69, 9.17) is 92.6 Å². The Kier molecular flexibility index (Phi) is 244. The van der Waals surface area contributed by atoms with Gasteiger partial charge in [-0.3, -0.25) is 0 Å². The van der Waals surface area contributed by atoms with E-state index < -0.39 is 35.8 Å². The fraction of sp³-hybridized carbons (Fsp3) is 0.700. The average molecular weight is 691 g/mol. The normalized spacial score (nSPS) is 5.86. The van der Waals surface area contributed by atoms with Gasteiger partial charge in [0, 0.05) is 75.2 Å². The maximum absolute atomic E-state index is 8.89. The Balaban J connectivity index is -0.0000000171. The minimum absolute atomic E-state index is 0. The number of aliphatic carboxylic acids is 6. The van der Waals surface area contributed by atoms with Crippen LogP contribution in [0.3, 0.4) is 0 Å². The standard InChI is InChI=1S/2C2H8N2.6C2H4O2.2C2H6O.Fe.3Na/c2*3-1-2-4;6*1-2(3)4;2*1-2-3;;;;/h2*1-4H2;6*1H3,(H,3,4);2*3H,2H2,1H3;;;;/q;;;;;;;;;;+3;3*+1/p-6. The average Bonchev–Trinajstić information content (AvgIpc) is 2.66. The molecule has 0 aromatic carbocycles. The molecule has 0 spiro atoms. The Bertz CT molecular complexity index is 376. The number of hydrogen-bond acceptors (Lipinski definition) is 18. The van der Waals surface area contributed by atoms with E-state index in [0.717, 1.165) is 41.5 Å². The van der Waals surface area contributed by atoms with Gasteiger partial charge >= 0.3 is 106 Å². The fourth-order valence-corrected chi connectivity index (χ4v) is 0. The number of aliphatic hydroxyl groups excluding tert-OH is 2. The molecule has 0 heterocycles. The smallest absolute Gasteiger partial charge is 0.550 e. The van der Waals surface area contributed by atoms with Crippen molar-refractivity contribution >= 4 is 35.8 Å². The number of carbonyl (C=O) groups is 6. The Morgan fingerprint density at radius 3 is 0.452 bits per heavy atom. The summed E-state index contributed by atoms with van der Waals surface area (Å²) in [5.41, 5.74) is 19.6. The van der Waals surface area contributed by atoms with Crippen LogP contribution in [0.15, 0.2) is 0 Å². The van der Waals surface area contributed by atoms with Crippen molar-refractivity contribution in [1.29, 1.82) is 0 Å². The monoisotopic (exact) mass is 691 g/mol. The van der Waals surface area contributed by atoms with Gasteiger partial charge in [0.1, 0.15) is 0 Å². The van der Waals surface area contributed by atoms with Gasteiger partial charge in [-0.15, -0.1) is 0 Å². The van der Waals surface area contributed by atoms with Gasteiger partial charge in [0.25, 0.3) is 0 Å². The summed E-state index contributed by atoms with van der Waals surface area (Å²) in [6, 6.07) is 0.